The van der Waals surface area contributed by atoms with Crippen LogP contribution in [0.3, 0.4) is 0 Å². The molecular formula is C15H24N2O3S. The Labute approximate surface area is 130 Å². The van der Waals surface area contributed by atoms with Gasteiger partial charge in [-0.3, -0.25) is 4.90 Å². The van der Waals surface area contributed by atoms with Crippen LogP contribution in [0.15, 0.2) is 0 Å². The van der Waals surface area contributed by atoms with Gasteiger partial charge < -0.3 is 10.0 Å². The SMILES string of the molecule is CCN(CC1CCC1)C(=O)N1C(C(=O)O)CSC1C1CC1. The van der Waals surface area contributed by atoms with Crippen LogP contribution in [0, 0.1) is 11.8 Å². The summed E-state index contributed by atoms with van der Waals surface area (Å²) in [5.41, 5.74) is 0. The molecule has 2 amide bonds. The highest BCUT2D eigenvalue weighted by Crippen LogP contribution is 2.45. The number of carbonyl (C=O) groups is 2. The molecule has 118 valence electrons. The number of rotatable bonds is 5. The minimum absolute atomic E-state index is 0.0568. The van der Waals surface area contributed by atoms with E-state index in [1.807, 2.05) is 11.8 Å². The molecule has 0 radical (unpaired) electrons. The summed E-state index contributed by atoms with van der Waals surface area (Å²) in [4.78, 5) is 27.9. The van der Waals surface area contributed by atoms with Crippen LogP contribution in [0.5, 0.6) is 0 Å². The Morgan fingerprint density at radius 1 is 1.29 bits per heavy atom. The predicted octanol–water partition coefficient (Wildman–Crippen LogP) is 2.47. The molecule has 1 saturated heterocycles. The predicted molar refractivity (Wildman–Crippen MR) is 82.2 cm³/mol. The number of carboxylic acid groups (broad SMARTS) is 1. The van der Waals surface area contributed by atoms with E-state index < -0.39 is 12.0 Å². The molecule has 0 aromatic heterocycles. The van der Waals surface area contributed by atoms with Crippen LogP contribution in [-0.4, -0.2) is 57.2 Å². The fourth-order valence-electron chi connectivity index (χ4n) is 3.20. The average molecular weight is 312 g/mol. The van der Waals surface area contributed by atoms with E-state index in [1.54, 1.807) is 16.7 Å². The summed E-state index contributed by atoms with van der Waals surface area (Å²) >= 11 is 1.65. The first-order valence-electron chi connectivity index (χ1n) is 8.03. The molecule has 0 aromatic rings. The van der Waals surface area contributed by atoms with Gasteiger partial charge in [-0.2, -0.15) is 0 Å². The molecule has 2 aliphatic carbocycles. The van der Waals surface area contributed by atoms with Crippen molar-refractivity contribution in [1.29, 1.82) is 0 Å². The van der Waals surface area contributed by atoms with Crippen LogP contribution in [0.2, 0.25) is 0 Å². The lowest BCUT2D eigenvalue weighted by atomic mass is 9.85. The Hall–Kier alpha value is -0.910. The van der Waals surface area contributed by atoms with Crippen molar-refractivity contribution in [3.05, 3.63) is 0 Å². The van der Waals surface area contributed by atoms with Gasteiger partial charge in [-0.05, 0) is 44.4 Å². The maximum absolute atomic E-state index is 12.9. The fraction of sp³-hybridized carbons (Fsp3) is 0.867. The van der Waals surface area contributed by atoms with Crippen molar-refractivity contribution in [2.45, 2.75) is 50.4 Å². The molecule has 6 heteroatoms. The molecule has 3 aliphatic rings. The van der Waals surface area contributed by atoms with Gasteiger partial charge in [0.1, 0.15) is 6.04 Å². The van der Waals surface area contributed by atoms with E-state index in [0.717, 1.165) is 19.4 Å². The summed E-state index contributed by atoms with van der Waals surface area (Å²) in [6.07, 6.45) is 5.92. The van der Waals surface area contributed by atoms with Crippen molar-refractivity contribution in [3.63, 3.8) is 0 Å². The van der Waals surface area contributed by atoms with Crippen LogP contribution in [-0.2, 0) is 4.79 Å². The van der Waals surface area contributed by atoms with Crippen molar-refractivity contribution in [2.75, 3.05) is 18.8 Å². The number of thioether (sulfide) groups is 1. The van der Waals surface area contributed by atoms with E-state index in [0.29, 0.717) is 24.1 Å². The molecule has 2 atom stereocenters. The summed E-state index contributed by atoms with van der Waals surface area (Å²) in [5, 5.41) is 9.50. The van der Waals surface area contributed by atoms with E-state index in [1.165, 1.54) is 19.3 Å². The third-order valence-electron chi connectivity index (χ3n) is 4.92. The highest BCUT2D eigenvalue weighted by Gasteiger charge is 2.49. The van der Waals surface area contributed by atoms with Gasteiger partial charge in [-0.25, -0.2) is 9.59 Å². The summed E-state index contributed by atoms with van der Waals surface area (Å²) in [6, 6.07) is -0.706. The first-order chi connectivity index (χ1) is 10.1. The normalized spacial score (nSPS) is 29.3. The quantitative estimate of drug-likeness (QED) is 0.847. The zero-order valence-electron chi connectivity index (χ0n) is 12.5. The second-order valence-corrected chi connectivity index (χ2v) is 7.59. The minimum Gasteiger partial charge on any atom is -0.480 e. The summed E-state index contributed by atoms with van der Waals surface area (Å²) in [6.45, 7) is 3.45. The molecule has 2 saturated carbocycles. The minimum atomic E-state index is -0.862. The molecule has 0 bridgehead atoms. The maximum atomic E-state index is 12.9. The van der Waals surface area contributed by atoms with Crippen LogP contribution in [0.4, 0.5) is 4.79 Å². The Morgan fingerprint density at radius 2 is 2.00 bits per heavy atom. The van der Waals surface area contributed by atoms with E-state index in [4.69, 9.17) is 0 Å². The van der Waals surface area contributed by atoms with Gasteiger partial charge >= 0.3 is 12.0 Å². The Balaban J connectivity index is 1.72. The standard InChI is InChI=1S/C15H24N2O3S/c1-2-16(8-10-4-3-5-10)15(20)17-12(14(18)19)9-21-13(17)11-6-7-11/h10-13H,2-9H2,1H3,(H,18,19). The lowest BCUT2D eigenvalue weighted by molar-refractivity contribution is -0.141. The summed E-state index contributed by atoms with van der Waals surface area (Å²) in [5.74, 6) is 0.791. The topological polar surface area (TPSA) is 60.9 Å². The third-order valence-corrected chi connectivity index (χ3v) is 6.38. The monoisotopic (exact) mass is 312 g/mol. The van der Waals surface area contributed by atoms with Gasteiger partial charge in [-0.1, -0.05) is 6.42 Å². The zero-order valence-corrected chi connectivity index (χ0v) is 13.3. The van der Waals surface area contributed by atoms with Crippen molar-refractivity contribution in [1.82, 2.24) is 9.80 Å². The molecule has 3 fully saturated rings. The molecule has 1 aliphatic heterocycles. The number of carboxylic acids is 1. The van der Waals surface area contributed by atoms with E-state index in [9.17, 15) is 14.7 Å². The third kappa shape index (κ3) is 3.00. The molecule has 1 heterocycles. The molecule has 21 heavy (non-hydrogen) atoms. The Morgan fingerprint density at radius 3 is 2.48 bits per heavy atom. The van der Waals surface area contributed by atoms with Crippen molar-refractivity contribution >= 4 is 23.8 Å². The highest BCUT2D eigenvalue weighted by molar-refractivity contribution is 8.00. The lowest BCUT2D eigenvalue weighted by Crippen LogP contribution is -2.53. The Bertz CT molecular complexity index is 423. The van der Waals surface area contributed by atoms with Gasteiger partial charge in [0, 0.05) is 18.8 Å². The second kappa shape index (κ2) is 6.07. The van der Waals surface area contributed by atoms with Gasteiger partial charge in [-0.15, -0.1) is 11.8 Å². The molecule has 5 nitrogen and oxygen atoms in total. The smallest absolute Gasteiger partial charge is 0.327 e. The number of carbonyl (C=O) groups excluding carboxylic acids is 1. The lowest BCUT2D eigenvalue weighted by Gasteiger charge is -2.37. The van der Waals surface area contributed by atoms with Gasteiger partial charge in [0.05, 0.1) is 5.37 Å². The molecule has 1 N–H and O–H groups in total. The van der Waals surface area contributed by atoms with Crippen molar-refractivity contribution in [2.24, 2.45) is 11.8 Å². The largest absolute Gasteiger partial charge is 0.480 e. The number of hydrogen-bond acceptors (Lipinski definition) is 3. The summed E-state index contributed by atoms with van der Waals surface area (Å²) < 4.78 is 0. The highest BCUT2D eigenvalue weighted by atomic mass is 32.2. The molecule has 0 spiro atoms. The van der Waals surface area contributed by atoms with Crippen LogP contribution in [0.1, 0.15) is 39.0 Å². The maximum Gasteiger partial charge on any atom is 0.327 e. The average Bonchev–Trinajstić information content (AvgIpc) is 3.15. The van der Waals surface area contributed by atoms with Gasteiger partial charge in [0.15, 0.2) is 0 Å². The van der Waals surface area contributed by atoms with E-state index in [-0.39, 0.29) is 11.4 Å². The molecular weight excluding hydrogens is 288 g/mol. The first-order valence-corrected chi connectivity index (χ1v) is 9.08. The van der Waals surface area contributed by atoms with Gasteiger partial charge in [0.2, 0.25) is 0 Å². The van der Waals surface area contributed by atoms with Crippen molar-refractivity contribution in [3.8, 4) is 0 Å². The zero-order chi connectivity index (χ0) is 15.0. The van der Waals surface area contributed by atoms with E-state index >= 15 is 0 Å². The number of amides is 2. The molecule has 2 unspecified atom stereocenters. The van der Waals surface area contributed by atoms with E-state index in [2.05, 4.69) is 0 Å². The van der Waals surface area contributed by atoms with Crippen LogP contribution < -0.4 is 0 Å². The second-order valence-electron chi connectivity index (χ2n) is 6.44. The summed E-state index contributed by atoms with van der Waals surface area (Å²) in [7, 11) is 0. The molecule has 0 aromatic carbocycles. The van der Waals surface area contributed by atoms with Crippen LogP contribution >= 0.6 is 11.8 Å². The first kappa shape index (κ1) is 15.0. The Kier molecular flexibility index (Phi) is 4.33. The van der Waals surface area contributed by atoms with Crippen LogP contribution in [0.25, 0.3) is 0 Å². The number of urea groups is 1. The number of aliphatic carboxylic acids is 1. The number of nitrogens with zero attached hydrogens (tertiary/aromatic N) is 2. The number of hydrogen-bond donors (Lipinski definition) is 1. The fourth-order valence-corrected chi connectivity index (χ4v) is 4.82. The van der Waals surface area contributed by atoms with Crippen molar-refractivity contribution < 1.29 is 14.7 Å². The molecule has 3 rings (SSSR count). The van der Waals surface area contributed by atoms with Gasteiger partial charge in [0.25, 0.3) is 0 Å².